The SMILES string of the molecule is Cc1nc(NCc2ccc(N3CCOC3=O)cc2)ccc1Br. The van der Waals surface area contributed by atoms with Gasteiger partial charge in [0.1, 0.15) is 12.4 Å². The van der Waals surface area contributed by atoms with Crippen LogP contribution in [0.2, 0.25) is 0 Å². The molecule has 114 valence electrons. The molecule has 1 aromatic carbocycles. The molecule has 2 aromatic rings. The number of cyclic esters (lactones) is 1. The molecule has 0 saturated carbocycles. The van der Waals surface area contributed by atoms with Crippen molar-refractivity contribution < 1.29 is 9.53 Å². The number of rotatable bonds is 4. The number of anilines is 2. The van der Waals surface area contributed by atoms with Gasteiger partial charge in [0, 0.05) is 16.7 Å². The Labute approximate surface area is 137 Å². The highest BCUT2D eigenvalue weighted by Crippen LogP contribution is 2.20. The van der Waals surface area contributed by atoms with E-state index in [1.807, 2.05) is 43.3 Å². The van der Waals surface area contributed by atoms with Crippen LogP contribution in [0.4, 0.5) is 16.3 Å². The Balaban J connectivity index is 1.63. The third-order valence-electron chi connectivity index (χ3n) is 3.50. The van der Waals surface area contributed by atoms with E-state index in [4.69, 9.17) is 4.74 Å². The zero-order valence-electron chi connectivity index (χ0n) is 12.2. The third-order valence-corrected chi connectivity index (χ3v) is 4.34. The summed E-state index contributed by atoms with van der Waals surface area (Å²) in [6.07, 6.45) is -0.277. The lowest BCUT2D eigenvalue weighted by Gasteiger charge is -2.13. The van der Waals surface area contributed by atoms with E-state index in [1.165, 1.54) is 0 Å². The van der Waals surface area contributed by atoms with Crippen LogP contribution in [0.1, 0.15) is 11.3 Å². The van der Waals surface area contributed by atoms with Crippen LogP contribution < -0.4 is 10.2 Å². The Kier molecular flexibility index (Phi) is 4.29. The summed E-state index contributed by atoms with van der Waals surface area (Å²) in [4.78, 5) is 17.6. The van der Waals surface area contributed by atoms with Gasteiger partial charge >= 0.3 is 6.09 Å². The fourth-order valence-corrected chi connectivity index (χ4v) is 2.48. The van der Waals surface area contributed by atoms with Crippen molar-refractivity contribution in [2.45, 2.75) is 13.5 Å². The molecular weight excluding hydrogens is 346 g/mol. The Morgan fingerprint density at radius 3 is 2.68 bits per heavy atom. The largest absolute Gasteiger partial charge is 0.447 e. The van der Waals surface area contributed by atoms with Crippen LogP contribution in [0.25, 0.3) is 0 Å². The number of carbonyl (C=O) groups excluding carboxylic acids is 1. The number of aromatic nitrogens is 1. The highest BCUT2D eigenvalue weighted by atomic mass is 79.9. The zero-order valence-corrected chi connectivity index (χ0v) is 13.8. The van der Waals surface area contributed by atoms with E-state index >= 15 is 0 Å². The molecule has 1 saturated heterocycles. The minimum atomic E-state index is -0.277. The second-order valence-corrected chi connectivity index (χ2v) is 5.90. The maximum Gasteiger partial charge on any atom is 0.414 e. The molecule has 1 amide bonds. The summed E-state index contributed by atoms with van der Waals surface area (Å²) < 4.78 is 5.94. The van der Waals surface area contributed by atoms with Crippen LogP contribution in [0.5, 0.6) is 0 Å². The first-order chi connectivity index (χ1) is 10.6. The van der Waals surface area contributed by atoms with Gasteiger partial charge in [-0.3, -0.25) is 4.90 Å². The number of amides is 1. The molecule has 1 fully saturated rings. The molecule has 1 aliphatic rings. The van der Waals surface area contributed by atoms with E-state index in [0.29, 0.717) is 19.7 Å². The molecule has 0 radical (unpaired) electrons. The number of benzene rings is 1. The highest BCUT2D eigenvalue weighted by molar-refractivity contribution is 9.10. The van der Waals surface area contributed by atoms with E-state index in [-0.39, 0.29) is 6.09 Å². The van der Waals surface area contributed by atoms with Gasteiger partial charge < -0.3 is 10.1 Å². The Hall–Kier alpha value is -2.08. The molecule has 6 heteroatoms. The maximum absolute atomic E-state index is 11.5. The van der Waals surface area contributed by atoms with Gasteiger partial charge in [0.15, 0.2) is 0 Å². The predicted molar refractivity (Wildman–Crippen MR) is 89.1 cm³/mol. The second kappa shape index (κ2) is 6.36. The number of carbonyl (C=O) groups is 1. The monoisotopic (exact) mass is 361 g/mol. The topological polar surface area (TPSA) is 54.5 Å². The van der Waals surface area contributed by atoms with Crippen molar-refractivity contribution >= 4 is 33.5 Å². The smallest absolute Gasteiger partial charge is 0.414 e. The summed E-state index contributed by atoms with van der Waals surface area (Å²) in [6, 6.07) is 11.8. The van der Waals surface area contributed by atoms with Crippen molar-refractivity contribution in [1.29, 1.82) is 0 Å². The fraction of sp³-hybridized carbons (Fsp3) is 0.250. The van der Waals surface area contributed by atoms with Gasteiger partial charge in [-0.05, 0) is 52.7 Å². The summed E-state index contributed by atoms with van der Waals surface area (Å²) in [5.74, 6) is 0.841. The molecule has 1 N–H and O–H groups in total. The van der Waals surface area contributed by atoms with Crippen LogP contribution in [-0.4, -0.2) is 24.2 Å². The molecule has 1 aromatic heterocycles. The number of ether oxygens (including phenoxy) is 1. The molecule has 0 bridgehead atoms. The summed E-state index contributed by atoms with van der Waals surface area (Å²) in [5, 5.41) is 3.29. The summed E-state index contributed by atoms with van der Waals surface area (Å²) in [7, 11) is 0. The van der Waals surface area contributed by atoms with Crippen molar-refractivity contribution in [2.75, 3.05) is 23.4 Å². The number of hydrogen-bond donors (Lipinski definition) is 1. The normalized spacial score (nSPS) is 14.1. The van der Waals surface area contributed by atoms with E-state index in [1.54, 1.807) is 4.90 Å². The third kappa shape index (κ3) is 3.22. The Morgan fingerprint density at radius 2 is 2.05 bits per heavy atom. The van der Waals surface area contributed by atoms with E-state index in [2.05, 4.69) is 26.2 Å². The number of pyridine rings is 1. The van der Waals surface area contributed by atoms with Crippen molar-refractivity contribution in [3.63, 3.8) is 0 Å². The first-order valence-corrected chi connectivity index (χ1v) is 7.83. The Morgan fingerprint density at radius 1 is 1.27 bits per heavy atom. The predicted octanol–water partition coefficient (Wildman–Crippen LogP) is 3.72. The Bertz CT molecular complexity index is 688. The summed E-state index contributed by atoms with van der Waals surface area (Å²) >= 11 is 3.44. The molecule has 0 unspecified atom stereocenters. The molecule has 5 nitrogen and oxygen atoms in total. The second-order valence-electron chi connectivity index (χ2n) is 5.05. The molecule has 0 aliphatic carbocycles. The standard InChI is InChI=1S/C16H16BrN3O2/c1-11-14(17)6-7-15(19-11)18-10-12-2-4-13(5-3-12)20-8-9-22-16(20)21/h2-7H,8-10H2,1H3,(H,18,19). The molecule has 22 heavy (non-hydrogen) atoms. The molecule has 0 spiro atoms. The minimum absolute atomic E-state index is 0.277. The fourth-order valence-electron chi connectivity index (χ4n) is 2.26. The van der Waals surface area contributed by atoms with Gasteiger partial charge in [-0.25, -0.2) is 9.78 Å². The van der Waals surface area contributed by atoms with Crippen LogP contribution in [0.3, 0.4) is 0 Å². The minimum Gasteiger partial charge on any atom is -0.447 e. The van der Waals surface area contributed by atoms with Gasteiger partial charge in [-0.1, -0.05) is 12.1 Å². The van der Waals surface area contributed by atoms with E-state index in [9.17, 15) is 4.79 Å². The first kappa shape index (κ1) is 14.8. The maximum atomic E-state index is 11.5. The molecule has 3 rings (SSSR count). The number of nitrogens with one attached hydrogen (secondary N) is 1. The average molecular weight is 362 g/mol. The van der Waals surface area contributed by atoms with Crippen LogP contribution in [0.15, 0.2) is 40.9 Å². The van der Waals surface area contributed by atoms with Crippen molar-refractivity contribution in [3.05, 3.63) is 52.1 Å². The van der Waals surface area contributed by atoms with Crippen molar-refractivity contribution in [3.8, 4) is 0 Å². The van der Waals surface area contributed by atoms with Crippen molar-refractivity contribution in [1.82, 2.24) is 4.98 Å². The van der Waals surface area contributed by atoms with Crippen LogP contribution in [0, 0.1) is 6.92 Å². The van der Waals surface area contributed by atoms with Gasteiger partial charge in [-0.2, -0.15) is 0 Å². The number of hydrogen-bond acceptors (Lipinski definition) is 4. The molecule has 1 aliphatic heterocycles. The van der Waals surface area contributed by atoms with Crippen LogP contribution >= 0.6 is 15.9 Å². The van der Waals surface area contributed by atoms with Crippen molar-refractivity contribution in [2.24, 2.45) is 0 Å². The number of aryl methyl sites for hydroxylation is 1. The highest BCUT2D eigenvalue weighted by Gasteiger charge is 2.23. The first-order valence-electron chi connectivity index (χ1n) is 7.04. The molecule has 2 heterocycles. The van der Waals surface area contributed by atoms with E-state index in [0.717, 1.165) is 27.2 Å². The summed E-state index contributed by atoms with van der Waals surface area (Å²) in [6.45, 7) is 3.70. The molecular formula is C16H16BrN3O2. The van der Waals surface area contributed by atoms with Gasteiger partial charge in [-0.15, -0.1) is 0 Å². The average Bonchev–Trinajstić information content (AvgIpc) is 2.95. The van der Waals surface area contributed by atoms with Gasteiger partial charge in [0.2, 0.25) is 0 Å². The lowest BCUT2D eigenvalue weighted by molar-refractivity contribution is 0.181. The molecule has 0 atom stereocenters. The lowest BCUT2D eigenvalue weighted by Crippen LogP contribution is -2.23. The number of nitrogens with zero attached hydrogens (tertiary/aromatic N) is 2. The summed E-state index contributed by atoms with van der Waals surface area (Å²) in [5.41, 5.74) is 2.94. The lowest BCUT2D eigenvalue weighted by atomic mass is 10.2. The van der Waals surface area contributed by atoms with Gasteiger partial charge in [0.25, 0.3) is 0 Å². The number of halogens is 1. The van der Waals surface area contributed by atoms with Crippen LogP contribution in [-0.2, 0) is 11.3 Å². The van der Waals surface area contributed by atoms with Gasteiger partial charge in [0.05, 0.1) is 12.2 Å². The quantitative estimate of drug-likeness (QED) is 0.901. The van der Waals surface area contributed by atoms with E-state index < -0.39 is 0 Å². The zero-order chi connectivity index (χ0) is 15.5.